The van der Waals surface area contributed by atoms with E-state index in [0.29, 0.717) is 25.7 Å². The van der Waals surface area contributed by atoms with Crippen LogP contribution in [-0.4, -0.2) is 39.9 Å². The lowest BCUT2D eigenvalue weighted by Crippen LogP contribution is -2.20. The Hall–Kier alpha value is -1.75. The van der Waals surface area contributed by atoms with Gasteiger partial charge in [0.15, 0.2) is 0 Å². The SMILES string of the molecule is O=CCCC/C=C\C[C@@H]1[C@@H](/C=C/[C@H](O)CCc2ccccc2)[C@H](O)C[C@@H]1O. The van der Waals surface area contributed by atoms with Crippen LogP contribution in [0.25, 0.3) is 0 Å². The van der Waals surface area contributed by atoms with Gasteiger partial charge in [0, 0.05) is 18.8 Å². The topological polar surface area (TPSA) is 77.8 Å². The summed E-state index contributed by atoms with van der Waals surface area (Å²) < 4.78 is 0. The Morgan fingerprint density at radius 3 is 2.59 bits per heavy atom. The summed E-state index contributed by atoms with van der Waals surface area (Å²) >= 11 is 0. The molecule has 0 unspecified atom stereocenters. The minimum atomic E-state index is -0.578. The van der Waals surface area contributed by atoms with Gasteiger partial charge in [0.25, 0.3) is 0 Å². The molecule has 0 saturated heterocycles. The van der Waals surface area contributed by atoms with Gasteiger partial charge in [-0.25, -0.2) is 0 Å². The molecule has 0 bridgehead atoms. The largest absolute Gasteiger partial charge is 0.393 e. The molecule has 0 amide bonds. The maximum atomic E-state index is 10.3. The van der Waals surface area contributed by atoms with Gasteiger partial charge in [0.2, 0.25) is 0 Å². The second-order valence-electron chi connectivity index (χ2n) is 7.39. The molecule has 0 aromatic heterocycles. The second-order valence-corrected chi connectivity index (χ2v) is 7.39. The fraction of sp³-hybridized carbons (Fsp3) is 0.522. The van der Waals surface area contributed by atoms with Crippen molar-refractivity contribution in [1.82, 2.24) is 0 Å². The third-order valence-corrected chi connectivity index (χ3v) is 5.31. The molecule has 5 atom stereocenters. The van der Waals surface area contributed by atoms with E-state index in [1.807, 2.05) is 48.6 Å². The quantitative estimate of drug-likeness (QED) is 0.317. The van der Waals surface area contributed by atoms with Crippen molar-refractivity contribution < 1.29 is 20.1 Å². The number of aryl methyl sites for hydroxylation is 1. The van der Waals surface area contributed by atoms with E-state index in [1.165, 1.54) is 5.56 Å². The molecule has 0 aliphatic heterocycles. The number of rotatable bonds is 11. The molecule has 2 rings (SSSR count). The van der Waals surface area contributed by atoms with Crippen molar-refractivity contribution in [3.8, 4) is 0 Å². The molecule has 0 heterocycles. The first kappa shape index (κ1) is 21.5. The lowest BCUT2D eigenvalue weighted by molar-refractivity contribution is -0.107. The van der Waals surface area contributed by atoms with E-state index in [4.69, 9.17) is 0 Å². The average molecular weight is 373 g/mol. The van der Waals surface area contributed by atoms with Gasteiger partial charge in [-0.05, 0) is 43.6 Å². The molecular weight excluding hydrogens is 340 g/mol. The van der Waals surface area contributed by atoms with E-state index in [0.717, 1.165) is 25.5 Å². The standard InChI is InChI=1S/C23H32O4/c24-16-8-3-1-2-7-11-20-21(23(27)17-22(20)26)15-14-19(25)13-12-18-9-5-4-6-10-18/h2,4-7,9-10,14-16,19-23,25-27H,1,3,8,11-13,17H2/b7-2-,15-14+/t19-,20-,21-,22+,23-/m1/s1. The fourth-order valence-corrected chi connectivity index (χ4v) is 3.71. The Morgan fingerprint density at radius 1 is 1.07 bits per heavy atom. The summed E-state index contributed by atoms with van der Waals surface area (Å²) in [6.07, 6.45) is 11.7. The van der Waals surface area contributed by atoms with Gasteiger partial charge in [-0.3, -0.25) is 0 Å². The zero-order chi connectivity index (χ0) is 19.5. The first-order valence-electron chi connectivity index (χ1n) is 9.97. The van der Waals surface area contributed by atoms with Gasteiger partial charge in [-0.15, -0.1) is 0 Å². The number of aldehydes is 1. The van der Waals surface area contributed by atoms with Crippen LogP contribution in [0.3, 0.4) is 0 Å². The van der Waals surface area contributed by atoms with E-state index >= 15 is 0 Å². The lowest BCUT2D eigenvalue weighted by Gasteiger charge is -2.19. The molecule has 1 aliphatic carbocycles. The molecule has 1 aromatic rings. The average Bonchev–Trinajstić information content (AvgIpc) is 2.94. The molecular formula is C23H32O4. The predicted molar refractivity (Wildman–Crippen MR) is 107 cm³/mol. The summed E-state index contributed by atoms with van der Waals surface area (Å²) in [5.74, 6) is -0.189. The van der Waals surface area contributed by atoms with Crippen molar-refractivity contribution in [3.63, 3.8) is 0 Å². The minimum Gasteiger partial charge on any atom is -0.393 e. The van der Waals surface area contributed by atoms with Crippen LogP contribution in [0, 0.1) is 11.8 Å². The summed E-state index contributed by atoms with van der Waals surface area (Å²) in [5, 5.41) is 30.8. The van der Waals surface area contributed by atoms with E-state index in [2.05, 4.69) is 0 Å². The Morgan fingerprint density at radius 2 is 1.85 bits per heavy atom. The number of hydrogen-bond donors (Lipinski definition) is 3. The highest BCUT2D eigenvalue weighted by molar-refractivity contribution is 5.49. The zero-order valence-corrected chi connectivity index (χ0v) is 15.9. The van der Waals surface area contributed by atoms with Crippen molar-refractivity contribution in [2.45, 2.75) is 63.3 Å². The molecule has 4 nitrogen and oxygen atoms in total. The van der Waals surface area contributed by atoms with E-state index in [-0.39, 0.29) is 11.8 Å². The number of benzene rings is 1. The number of hydrogen-bond acceptors (Lipinski definition) is 4. The Bertz CT molecular complexity index is 596. The minimum absolute atomic E-state index is 0.0418. The summed E-state index contributed by atoms with van der Waals surface area (Å²) in [5.41, 5.74) is 1.19. The number of carbonyl (C=O) groups is 1. The number of carbonyl (C=O) groups excluding carboxylic acids is 1. The predicted octanol–water partition coefficient (Wildman–Crippen LogP) is 3.21. The van der Waals surface area contributed by atoms with E-state index in [1.54, 1.807) is 6.08 Å². The maximum Gasteiger partial charge on any atom is 0.120 e. The first-order chi connectivity index (χ1) is 13.1. The number of allylic oxidation sites excluding steroid dienone is 2. The second kappa shape index (κ2) is 11.9. The van der Waals surface area contributed by atoms with E-state index in [9.17, 15) is 20.1 Å². The summed E-state index contributed by atoms with van der Waals surface area (Å²) in [6, 6.07) is 10.1. The van der Waals surface area contributed by atoms with Crippen LogP contribution in [0.1, 0.15) is 44.1 Å². The van der Waals surface area contributed by atoms with Crippen LogP contribution in [0.2, 0.25) is 0 Å². The highest BCUT2D eigenvalue weighted by Crippen LogP contribution is 2.36. The molecule has 0 radical (unpaired) electrons. The van der Waals surface area contributed by atoms with E-state index < -0.39 is 18.3 Å². The Kier molecular flexibility index (Phi) is 9.46. The Balaban J connectivity index is 1.83. The van der Waals surface area contributed by atoms with Gasteiger partial charge in [-0.2, -0.15) is 0 Å². The van der Waals surface area contributed by atoms with Crippen molar-refractivity contribution in [1.29, 1.82) is 0 Å². The molecule has 0 spiro atoms. The van der Waals surface area contributed by atoms with Gasteiger partial charge in [0.1, 0.15) is 6.29 Å². The van der Waals surface area contributed by atoms with Crippen LogP contribution in [-0.2, 0) is 11.2 Å². The Labute approximate surface area is 162 Å². The van der Waals surface area contributed by atoms with Gasteiger partial charge < -0.3 is 20.1 Å². The molecule has 27 heavy (non-hydrogen) atoms. The van der Waals surface area contributed by atoms with Crippen LogP contribution in [0.5, 0.6) is 0 Å². The third-order valence-electron chi connectivity index (χ3n) is 5.31. The smallest absolute Gasteiger partial charge is 0.120 e. The fourth-order valence-electron chi connectivity index (χ4n) is 3.71. The monoisotopic (exact) mass is 372 g/mol. The van der Waals surface area contributed by atoms with Gasteiger partial charge in [0.05, 0.1) is 18.3 Å². The first-order valence-corrected chi connectivity index (χ1v) is 9.97. The number of aliphatic hydroxyl groups is 3. The zero-order valence-electron chi connectivity index (χ0n) is 15.9. The summed E-state index contributed by atoms with van der Waals surface area (Å²) in [4.78, 5) is 10.3. The van der Waals surface area contributed by atoms with Crippen molar-refractivity contribution in [2.75, 3.05) is 0 Å². The molecule has 148 valence electrons. The highest BCUT2D eigenvalue weighted by Gasteiger charge is 2.39. The van der Waals surface area contributed by atoms with Crippen molar-refractivity contribution in [2.24, 2.45) is 11.8 Å². The molecule has 1 saturated carbocycles. The normalized spacial score (nSPS) is 26.8. The van der Waals surface area contributed by atoms with Crippen LogP contribution in [0.15, 0.2) is 54.6 Å². The summed E-state index contributed by atoms with van der Waals surface area (Å²) in [6.45, 7) is 0. The maximum absolute atomic E-state index is 10.3. The van der Waals surface area contributed by atoms with Crippen LogP contribution < -0.4 is 0 Å². The molecule has 1 aromatic carbocycles. The van der Waals surface area contributed by atoms with Crippen molar-refractivity contribution >= 4 is 6.29 Å². The van der Waals surface area contributed by atoms with Gasteiger partial charge >= 0.3 is 0 Å². The number of aliphatic hydroxyl groups excluding tert-OH is 3. The molecule has 1 fully saturated rings. The van der Waals surface area contributed by atoms with Crippen LogP contribution >= 0.6 is 0 Å². The van der Waals surface area contributed by atoms with Crippen molar-refractivity contribution in [3.05, 3.63) is 60.2 Å². The molecule has 1 aliphatic rings. The lowest BCUT2D eigenvalue weighted by atomic mass is 9.89. The third kappa shape index (κ3) is 7.41. The molecule has 3 N–H and O–H groups in total. The molecule has 4 heteroatoms. The number of unbranched alkanes of at least 4 members (excludes halogenated alkanes) is 2. The van der Waals surface area contributed by atoms with Crippen LogP contribution in [0.4, 0.5) is 0 Å². The highest BCUT2D eigenvalue weighted by atomic mass is 16.3. The van der Waals surface area contributed by atoms with Gasteiger partial charge in [-0.1, -0.05) is 54.6 Å². The summed E-state index contributed by atoms with van der Waals surface area (Å²) in [7, 11) is 0.